The first kappa shape index (κ1) is 14.8. The minimum absolute atomic E-state index is 0.482. The largest absolute Gasteiger partial charge is 0.311 e. The van der Waals surface area contributed by atoms with E-state index in [1.165, 1.54) is 11.1 Å². The molecule has 0 aliphatic carbocycles. The molecule has 1 atom stereocenters. The van der Waals surface area contributed by atoms with E-state index in [1.807, 2.05) is 0 Å². The maximum Gasteiger partial charge on any atom is 0.0762 e. The lowest BCUT2D eigenvalue weighted by Crippen LogP contribution is -2.17. The second-order valence-corrected chi connectivity index (χ2v) is 5.46. The molecule has 0 spiro atoms. The first-order chi connectivity index (χ1) is 9.69. The summed E-state index contributed by atoms with van der Waals surface area (Å²) in [5.41, 5.74) is 3.84. The van der Waals surface area contributed by atoms with Crippen LogP contribution in [0.5, 0.6) is 0 Å². The molecule has 1 heterocycles. The fourth-order valence-electron chi connectivity index (χ4n) is 2.22. The summed E-state index contributed by atoms with van der Waals surface area (Å²) < 4.78 is 2.05. The number of nitrogens with one attached hydrogen (secondary N) is 1. The third-order valence-corrected chi connectivity index (χ3v) is 3.69. The second kappa shape index (κ2) is 7.25. The van der Waals surface area contributed by atoms with Gasteiger partial charge in [-0.2, -0.15) is 5.10 Å². The van der Waals surface area contributed by atoms with E-state index >= 15 is 0 Å². The Bertz CT molecular complexity index is 531. The Morgan fingerprint density at radius 2 is 2.15 bits per heavy atom. The van der Waals surface area contributed by atoms with Gasteiger partial charge in [0.05, 0.1) is 5.69 Å². The highest BCUT2D eigenvalue weighted by molar-refractivity contribution is 5.22. The van der Waals surface area contributed by atoms with Crippen molar-refractivity contribution in [3.8, 4) is 0 Å². The molecule has 2 aromatic rings. The zero-order valence-corrected chi connectivity index (χ0v) is 12.8. The molecule has 0 aliphatic heterocycles. The molecular weight excluding hydrogens is 246 g/mol. The standard InChI is InChI=1S/C17H25N3/c1-4-15(3)20-11-9-17(19-20)13-18-10-8-16-7-5-6-14(2)12-16/h5-7,9,11-12,15,18H,4,8,10,13H2,1-3H3. The smallest absolute Gasteiger partial charge is 0.0762 e. The molecule has 1 aromatic carbocycles. The van der Waals surface area contributed by atoms with Gasteiger partial charge in [-0.15, -0.1) is 0 Å². The van der Waals surface area contributed by atoms with E-state index in [9.17, 15) is 0 Å². The summed E-state index contributed by atoms with van der Waals surface area (Å²) in [7, 11) is 0. The lowest BCUT2D eigenvalue weighted by Gasteiger charge is -2.08. The van der Waals surface area contributed by atoms with Crippen LogP contribution >= 0.6 is 0 Å². The van der Waals surface area contributed by atoms with Crippen LogP contribution in [0, 0.1) is 6.92 Å². The van der Waals surface area contributed by atoms with Gasteiger partial charge in [0.25, 0.3) is 0 Å². The van der Waals surface area contributed by atoms with Gasteiger partial charge in [0.2, 0.25) is 0 Å². The van der Waals surface area contributed by atoms with Crippen LogP contribution in [0.4, 0.5) is 0 Å². The summed E-state index contributed by atoms with van der Waals surface area (Å²) in [5, 5.41) is 8.06. The zero-order valence-electron chi connectivity index (χ0n) is 12.8. The molecule has 3 heteroatoms. The second-order valence-electron chi connectivity index (χ2n) is 5.46. The first-order valence-corrected chi connectivity index (χ1v) is 7.49. The van der Waals surface area contributed by atoms with Crippen molar-refractivity contribution >= 4 is 0 Å². The van der Waals surface area contributed by atoms with Crippen LogP contribution in [0.15, 0.2) is 36.5 Å². The molecule has 1 aromatic heterocycles. The molecule has 108 valence electrons. The fourth-order valence-corrected chi connectivity index (χ4v) is 2.22. The van der Waals surface area contributed by atoms with Crippen LogP contribution in [0.2, 0.25) is 0 Å². The van der Waals surface area contributed by atoms with E-state index in [0.29, 0.717) is 6.04 Å². The lowest BCUT2D eigenvalue weighted by molar-refractivity contribution is 0.471. The van der Waals surface area contributed by atoms with Gasteiger partial charge in [0.15, 0.2) is 0 Å². The van der Waals surface area contributed by atoms with E-state index in [4.69, 9.17) is 0 Å². The van der Waals surface area contributed by atoms with Crippen LogP contribution < -0.4 is 5.32 Å². The molecule has 0 saturated carbocycles. The van der Waals surface area contributed by atoms with Crippen molar-refractivity contribution < 1.29 is 0 Å². The lowest BCUT2D eigenvalue weighted by atomic mass is 10.1. The zero-order chi connectivity index (χ0) is 14.4. The molecule has 0 saturated heterocycles. The molecule has 1 N–H and O–H groups in total. The molecule has 0 bridgehead atoms. The van der Waals surface area contributed by atoms with E-state index in [0.717, 1.165) is 31.6 Å². The SMILES string of the molecule is CCC(C)n1ccc(CNCCc2cccc(C)c2)n1. The van der Waals surface area contributed by atoms with Crippen LogP contribution in [-0.4, -0.2) is 16.3 Å². The number of hydrogen-bond acceptors (Lipinski definition) is 2. The van der Waals surface area contributed by atoms with Gasteiger partial charge in [0, 0.05) is 18.8 Å². The third-order valence-electron chi connectivity index (χ3n) is 3.69. The Labute approximate surface area is 122 Å². The van der Waals surface area contributed by atoms with Gasteiger partial charge >= 0.3 is 0 Å². The summed E-state index contributed by atoms with van der Waals surface area (Å²) in [6.07, 6.45) is 4.25. The average Bonchev–Trinajstić information content (AvgIpc) is 2.92. The summed E-state index contributed by atoms with van der Waals surface area (Å²) in [4.78, 5) is 0. The maximum atomic E-state index is 4.59. The predicted molar refractivity (Wildman–Crippen MR) is 83.8 cm³/mol. The molecule has 0 aliphatic rings. The maximum absolute atomic E-state index is 4.59. The number of hydrogen-bond donors (Lipinski definition) is 1. The molecule has 0 fully saturated rings. The molecule has 1 unspecified atom stereocenters. The monoisotopic (exact) mass is 271 g/mol. The van der Waals surface area contributed by atoms with Crippen molar-refractivity contribution in [2.24, 2.45) is 0 Å². The summed E-state index contributed by atoms with van der Waals surface area (Å²) in [5.74, 6) is 0. The van der Waals surface area contributed by atoms with E-state index in [-0.39, 0.29) is 0 Å². The fraction of sp³-hybridized carbons (Fsp3) is 0.471. The topological polar surface area (TPSA) is 29.9 Å². The van der Waals surface area contributed by atoms with Gasteiger partial charge in [0.1, 0.15) is 0 Å². The van der Waals surface area contributed by atoms with Gasteiger partial charge in [-0.05, 0) is 44.9 Å². The highest BCUT2D eigenvalue weighted by Crippen LogP contribution is 2.09. The van der Waals surface area contributed by atoms with Crippen LogP contribution in [0.1, 0.15) is 43.1 Å². The van der Waals surface area contributed by atoms with Crippen molar-refractivity contribution in [1.82, 2.24) is 15.1 Å². The summed E-state index contributed by atoms with van der Waals surface area (Å²) in [6.45, 7) is 8.35. The molecule has 3 nitrogen and oxygen atoms in total. The molecule has 0 radical (unpaired) electrons. The Balaban J connectivity index is 1.74. The predicted octanol–water partition coefficient (Wildman–Crippen LogP) is 3.49. The van der Waals surface area contributed by atoms with Crippen molar-refractivity contribution in [2.75, 3.05) is 6.54 Å². The molecule has 20 heavy (non-hydrogen) atoms. The van der Waals surface area contributed by atoms with Crippen molar-refractivity contribution in [3.63, 3.8) is 0 Å². The van der Waals surface area contributed by atoms with Crippen LogP contribution in [0.3, 0.4) is 0 Å². The van der Waals surface area contributed by atoms with Crippen LogP contribution in [-0.2, 0) is 13.0 Å². The number of benzene rings is 1. The normalized spacial score (nSPS) is 12.6. The highest BCUT2D eigenvalue weighted by atomic mass is 15.3. The van der Waals surface area contributed by atoms with E-state index in [1.54, 1.807) is 0 Å². The van der Waals surface area contributed by atoms with Crippen molar-refractivity contribution in [2.45, 2.75) is 46.2 Å². The van der Waals surface area contributed by atoms with Gasteiger partial charge < -0.3 is 5.32 Å². The minimum atomic E-state index is 0.482. The molecular formula is C17H25N3. The van der Waals surface area contributed by atoms with Gasteiger partial charge in [-0.25, -0.2) is 0 Å². The van der Waals surface area contributed by atoms with Gasteiger partial charge in [-0.1, -0.05) is 36.8 Å². The highest BCUT2D eigenvalue weighted by Gasteiger charge is 2.04. The number of aromatic nitrogens is 2. The Kier molecular flexibility index (Phi) is 5.36. The summed E-state index contributed by atoms with van der Waals surface area (Å²) >= 11 is 0. The van der Waals surface area contributed by atoms with E-state index < -0.39 is 0 Å². The minimum Gasteiger partial charge on any atom is -0.311 e. The van der Waals surface area contributed by atoms with Crippen molar-refractivity contribution in [3.05, 3.63) is 53.3 Å². The Morgan fingerprint density at radius 1 is 1.30 bits per heavy atom. The number of nitrogens with zero attached hydrogens (tertiary/aromatic N) is 2. The van der Waals surface area contributed by atoms with Crippen LogP contribution in [0.25, 0.3) is 0 Å². The van der Waals surface area contributed by atoms with E-state index in [2.05, 4.69) is 72.4 Å². The first-order valence-electron chi connectivity index (χ1n) is 7.49. The summed E-state index contributed by atoms with van der Waals surface area (Å²) in [6, 6.07) is 11.3. The number of aryl methyl sites for hydroxylation is 1. The molecule has 0 amide bonds. The molecule has 2 rings (SSSR count). The number of rotatable bonds is 7. The van der Waals surface area contributed by atoms with Gasteiger partial charge in [-0.3, -0.25) is 4.68 Å². The van der Waals surface area contributed by atoms with Crippen molar-refractivity contribution in [1.29, 1.82) is 0 Å². The quantitative estimate of drug-likeness (QED) is 0.781. The third kappa shape index (κ3) is 4.20. The Morgan fingerprint density at radius 3 is 2.90 bits per heavy atom. The average molecular weight is 271 g/mol. The Hall–Kier alpha value is -1.61.